The molecule has 11 heavy (non-hydrogen) atoms. The van der Waals surface area contributed by atoms with Gasteiger partial charge < -0.3 is 0 Å². The molecule has 0 spiro atoms. The van der Waals surface area contributed by atoms with Gasteiger partial charge in [-0.25, -0.2) is 0 Å². The molecule has 0 aliphatic carbocycles. The Labute approximate surface area is 76.6 Å². The smallest absolute Gasteiger partial charge is 0.0707 e. The van der Waals surface area contributed by atoms with E-state index in [2.05, 4.69) is 8.14 Å². The lowest BCUT2D eigenvalue weighted by molar-refractivity contribution is 1.61. The Bertz CT molecular complexity index is 393. The van der Waals surface area contributed by atoms with E-state index in [1.54, 1.807) is 11.5 Å². The third kappa shape index (κ3) is 1.42. The molecule has 0 amide bonds. The van der Waals surface area contributed by atoms with Crippen molar-refractivity contribution in [3.63, 3.8) is 0 Å². The Balaban J connectivity index is 2.83. The second-order valence-corrected chi connectivity index (χ2v) is 4.19. The summed E-state index contributed by atoms with van der Waals surface area (Å²) < 4.78 is 7.28. The van der Waals surface area contributed by atoms with Gasteiger partial charge in [0, 0.05) is 16.8 Å². The Morgan fingerprint density at radius 2 is 2.27 bits per heavy atom. The minimum Gasteiger partial charge on any atom is -0.295 e. The summed E-state index contributed by atoms with van der Waals surface area (Å²) in [6.07, 6.45) is 0. The van der Waals surface area contributed by atoms with Crippen LogP contribution in [0.2, 0.25) is 5.02 Å². The summed E-state index contributed by atoms with van der Waals surface area (Å²) in [4.78, 5) is 0. The minimum atomic E-state index is 0.770. The molecule has 1 aromatic carbocycles. The number of aromatic nitrogens is 2. The molecule has 1 heterocycles. The highest BCUT2D eigenvalue weighted by Crippen LogP contribution is 2.19. The predicted molar refractivity (Wildman–Crippen MR) is 51.0 cm³/mol. The summed E-state index contributed by atoms with van der Waals surface area (Å²) in [6.45, 7) is 0. The van der Waals surface area contributed by atoms with Crippen LogP contribution in [0.15, 0.2) is 18.2 Å². The summed E-state index contributed by atoms with van der Waals surface area (Å²) in [5.41, 5.74) is 1.11. The van der Waals surface area contributed by atoms with Crippen LogP contribution >= 0.6 is 34.9 Å². The molecule has 1 aromatic heterocycles. The van der Waals surface area contributed by atoms with E-state index in [1.807, 2.05) is 18.2 Å². The zero-order chi connectivity index (χ0) is 7.68. The Morgan fingerprint density at radius 3 is 3.18 bits per heavy atom. The number of H-pyrrole nitrogens is 2. The Hall–Kier alpha value is -0.450. The first-order valence-corrected chi connectivity index (χ1v) is 5.00. The van der Waals surface area contributed by atoms with Gasteiger partial charge in [0.25, 0.3) is 0 Å². The molecule has 0 unspecified atom stereocenters. The second kappa shape index (κ2) is 2.89. The van der Waals surface area contributed by atoms with Gasteiger partial charge in [0.2, 0.25) is 0 Å². The summed E-state index contributed by atoms with van der Waals surface area (Å²) in [7, 11) is 0. The average Bonchev–Trinajstić information content (AvgIpc) is 2.04. The van der Waals surface area contributed by atoms with Gasteiger partial charge in [0.15, 0.2) is 0 Å². The lowest BCUT2D eigenvalue weighted by Gasteiger charge is -1.94. The fourth-order valence-corrected chi connectivity index (χ4v) is 2.50. The fraction of sp³-hybridized carbons (Fsp3) is 0. The van der Waals surface area contributed by atoms with Crippen molar-refractivity contribution in [2.24, 2.45) is 0 Å². The van der Waals surface area contributed by atoms with Crippen molar-refractivity contribution >= 4 is 45.1 Å². The molecule has 0 atom stereocenters. The molecule has 2 aromatic rings. The molecular weight excluding hydrogens is 200 g/mol. The van der Waals surface area contributed by atoms with Gasteiger partial charge >= 0.3 is 0 Å². The summed E-state index contributed by atoms with van der Waals surface area (Å²) in [5, 5.41) is 0.770. The van der Waals surface area contributed by atoms with Crippen LogP contribution in [-0.2, 0) is 0 Å². The van der Waals surface area contributed by atoms with Crippen molar-refractivity contribution in [3.05, 3.63) is 23.2 Å². The van der Waals surface area contributed by atoms with Crippen molar-refractivity contribution in [2.45, 2.75) is 0 Å². The monoisotopic (exact) mass is 204 g/mol. The first-order valence-electron chi connectivity index (χ1n) is 2.99. The van der Waals surface area contributed by atoms with Crippen LogP contribution in [0, 0.1) is 0 Å². The molecule has 0 radical (unpaired) electrons. The number of rotatable bonds is 0. The van der Waals surface area contributed by atoms with E-state index in [9.17, 15) is 0 Å². The van der Waals surface area contributed by atoms with Gasteiger partial charge in [-0.15, -0.1) is 0 Å². The van der Waals surface area contributed by atoms with Crippen LogP contribution in [-0.4, -0.2) is 8.14 Å². The third-order valence-corrected chi connectivity index (χ3v) is 3.08. The lowest BCUT2D eigenvalue weighted by atomic mass is 10.3. The van der Waals surface area contributed by atoms with E-state index in [4.69, 9.17) is 11.6 Å². The maximum Gasteiger partial charge on any atom is 0.0707 e. The van der Waals surface area contributed by atoms with Crippen LogP contribution in [0.1, 0.15) is 0 Å². The molecule has 0 bridgehead atoms. The normalized spacial score (nSPS) is 10.3. The molecule has 0 saturated heterocycles. The van der Waals surface area contributed by atoms with Crippen molar-refractivity contribution in [1.29, 1.82) is 0 Å². The van der Waals surface area contributed by atoms with E-state index >= 15 is 0 Å². The first-order chi connectivity index (χ1) is 5.36. The quantitative estimate of drug-likeness (QED) is 0.660. The van der Waals surface area contributed by atoms with Crippen LogP contribution in [0.3, 0.4) is 0 Å². The molecule has 0 aliphatic rings. The molecule has 2 rings (SSSR count). The molecule has 5 heteroatoms. The Kier molecular flexibility index (Phi) is 1.89. The molecule has 58 valence electrons. The number of benzene rings is 1. The molecule has 2 N–H and O–H groups in total. The van der Waals surface area contributed by atoms with Gasteiger partial charge in [-0.2, -0.15) is 0 Å². The molecule has 0 aliphatic heterocycles. The molecular formula is C6H5ClN2S2. The van der Waals surface area contributed by atoms with Crippen molar-refractivity contribution in [2.75, 3.05) is 0 Å². The standard InChI is InChI=1S/C6H5ClN2S2/c7-4-1-2-5-6(3-4)10-9-11-8-5/h1-3,8-9H. The van der Waals surface area contributed by atoms with Gasteiger partial charge in [-0.05, 0) is 29.7 Å². The Morgan fingerprint density at radius 1 is 1.36 bits per heavy atom. The summed E-state index contributed by atoms with van der Waals surface area (Å²) in [5.74, 6) is 0. The van der Waals surface area contributed by atoms with E-state index in [0.29, 0.717) is 0 Å². The highest BCUT2D eigenvalue weighted by molar-refractivity contribution is 7.20. The van der Waals surface area contributed by atoms with Gasteiger partial charge in [-0.3, -0.25) is 8.14 Å². The fourth-order valence-electron chi connectivity index (χ4n) is 0.806. The topological polar surface area (TPSA) is 31.6 Å². The average molecular weight is 205 g/mol. The zero-order valence-electron chi connectivity index (χ0n) is 5.43. The van der Waals surface area contributed by atoms with Crippen molar-refractivity contribution < 1.29 is 0 Å². The highest BCUT2D eigenvalue weighted by atomic mass is 35.5. The number of fused-ring (bicyclic) bond motifs is 1. The lowest BCUT2D eigenvalue weighted by Crippen LogP contribution is -1.72. The van der Waals surface area contributed by atoms with E-state index in [0.717, 1.165) is 15.2 Å². The number of hydrogen-bond donors (Lipinski definition) is 2. The predicted octanol–water partition coefficient (Wildman–Crippen LogP) is 3.40. The number of hydrogen-bond acceptors (Lipinski definition) is 2. The first kappa shape index (κ1) is 7.21. The number of aromatic amines is 2. The van der Waals surface area contributed by atoms with Gasteiger partial charge in [-0.1, -0.05) is 11.6 Å². The largest absolute Gasteiger partial charge is 0.295 e. The third-order valence-electron chi connectivity index (χ3n) is 1.30. The maximum atomic E-state index is 5.80. The van der Waals surface area contributed by atoms with Crippen LogP contribution in [0.5, 0.6) is 0 Å². The van der Waals surface area contributed by atoms with Crippen molar-refractivity contribution in [1.82, 2.24) is 8.14 Å². The number of nitrogens with one attached hydrogen (secondary N) is 2. The molecule has 2 nitrogen and oxygen atoms in total. The van der Waals surface area contributed by atoms with Gasteiger partial charge in [0.1, 0.15) is 0 Å². The second-order valence-electron chi connectivity index (χ2n) is 2.03. The zero-order valence-corrected chi connectivity index (χ0v) is 7.82. The summed E-state index contributed by atoms with van der Waals surface area (Å²) in [6, 6.07) is 5.78. The van der Waals surface area contributed by atoms with Crippen LogP contribution < -0.4 is 0 Å². The molecule has 0 fully saturated rings. The van der Waals surface area contributed by atoms with E-state index < -0.39 is 0 Å². The maximum absolute atomic E-state index is 5.80. The molecule has 0 saturated carbocycles. The number of halogens is 1. The highest BCUT2D eigenvalue weighted by Gasteiger charge is 1.92. The van der Waals surface area contributed by atoms with Gasteiger partial charge in [0.05, 0.1) is 10.2 Å². The van der Waals surface area contributed by atoms with E-state index in [-0.39, 0.29) is 0 Å². The van der Waals surface area contributed by atoms with Crippen LogP contribution in [0.4, 0.5) is 0 Å². The summed E-state index contributed by atoms with van der Waals surface area (Å²) >= 11 is 8.83. The van der Waals surface area contributed by atoms with E-state index in [1.165, 1.54) is 11.7 Å². The van der Waals surface area contributed by atoms with Crippen molar-refractivity contribution in [3.8, 4) is 0 Å². The SMILES string of the molecule is Clc1ccc2[nH]s[nH]sc2c1. The minimum absolute atomic E-state index is 0.770. The van der Waals surface area contributed by atoms with Crippen LogP contribution in [0.25, 0.3) is 10.2 Å².